The van der Waals surface area contributed by atoms with Gasteiger partial charge in [0.25, 0.3) is 5.91 Å². The zero-order valence-corrected chi connectivity index (χ0v) is 14.5. The number of thiophene rings is 1. The zero-order chi connectivity index (χ0) is 16.4. The molecule has 1 aliphatic heterocycles. The van der Waals surface area contributed by atoms with Gasteiger partial charge >= 0.3 is 0 Å². The van der Waals surface area contributed by atoms with Gasteiger partial charge in [0, 0.05) is 18.0 Å². The van der Waals surface area contributed by atoms with Crippen LogP contribution in [0, 0.1) is 0 Å². The molecule has 0 aliphatic carbocycles. The normalized spacial score (nSPS) is 17.1. The third-order valence-corrected chi connectivity index (χ3v) is 5.04. The summed E-state index contributed by atoms with van der Waals surface area (Å²) < 4.78 is 11.1. The van der Waals surface area contributed by atoms with Crippen LogP contribution in [0.4, 0.5) is 0 Å². The smallest absolute Gasteiger partial charge is 0.267 e. The van der Waals surface area contributed by atoms with Gasteiger partial charge in [-0.25, -0.2) is 0 Å². The lowest BCUT2D eigenvalue weighted by Crippen LogP contribution is -2.50. The summed E-state index contributed by atoms with van der Waals surface area (Å²) in [6.07, 6.45) is 0. The first-order chi connectivity index (χ1) is 11.0. The molecule has 1 aromatic carbocycles. The van der Waals surface area contributed by atoms with Gasteiger partial charge in [0.15, 0.2) is 0 Å². The topological polar surface area (TPSA) is 38.8 Å². The predicted octanol–water partition coefficient (Wildman–Crippen LogP) is 3.67. The first-order valence-corrected chi connectivity index (χ1v) is 8.48. The van der Waals surface area contributed by atoms with Gasteiger partial charge in [-0.05, 0) is 25.5 Å². The molecule has 0 bridgehead atoms. The van der Waals surface area contributed by atoms with E-state index in [1.807, 2.05) is 55.1 Å². The number of morpholine rings is 1. The second kappa shape index (κ2) is 6.34. The Bertz CT molecular complexity index is 694. The SMILES string of the molecule is COc1cc(-c2ccccc2)sc1C(=O)N1CCOC(C)(C)C1. The molecule has 5 heteroatoms. The Balaban J connectivity index is 1.90. The number of benzene rings is 1. The van der Waals surface area contributed by atoms with Crippen LogP contribution in [0.1, 0.15) is 23.5 Å². The van der Waals surface area contributed by atoms with Crippen LogP contribution in [-0.4, -0.2) is 43.2 Å². The average molecular weight is 331 g/mol. The molecule has 0 saturated carbocycles. The van der Waals surface area contributed by atoms with E-state index in [9.17, 15) is 4.79 Å². The van der Waals surface area contributed by atoms with Crippen molar-refractivity contribution >= 4 is 17.2 Å². The summed E-state index contributed by atoms with van der Waals surface area (Å²) in [6, 6.07) is 12.0. The molecular weight excluding hydrogens is 310 g/mol. The fourth-order valence-corrected chi connectivity index (χ4v) is 3.85. The molecule has 0 spiro atoms. The van der Waals surface area contributed by atoms with Crippen LogP contribution >= 0.6 is 11.3 Å². The van der Waals surface area contributed by atoms with Crippen LogP contribution in [0.15, 0.2) is 36.4 Å². The second-order valence-electron chi connectivity index (χ2n) is 6.21. The van der Waals surface area contributed by atoms with Gasteiger partial charge in [-0.15, -0.1) is 11.3 Å². The Kier molecular flexibility index (Phi) is 4.41. The summed E-state index contributed by atoms with van der Waals surface area (Å²) in [5.74, 6) is 0.661. The van der Waals surface area contributed by atoms with E-state index in [1.165, 1.54) is 11.3 Å². The van der Waals surface area contributed by atoms with Crippen molar-refractivity contribution in [3.8, 4) is 16.2 Å². The molecule has 1 amide bonds. The van der Waals surface area contributed by atoms with Crippen LogP contribution in [-0.2, 0) is 4.74 Å². The molecule has 4 nitrogen and oxygen atoms in total. The van der Waals surface area contributed by atoms with Crippen LogP contribution in [0.5, 0.6) is 5.75 Å². The number of ether oxygens (including phenoxy) is 2. The molecule has 1 fully saturated rings. The molecule has 0 atom stereocenters. The third kappa shape index (κ3) is 3.41. The minimum atomic E-state index is -0.305. The molecule has 0 N–H and O–H groups in total. The predicted molar refractivity (Wildman–Crippen MR) is 92.2 cm³/mol. The zero-order valence-electron chi connectivity index (χ0n) is 13.7. The van der Waals surface area contributed by atoms with E-state index < -0.39 is 0 Å². The largest absolute Gasteiger partial charge is 0.495 e. The molecule has 3 rings (SSSR count). The van der Waals surface area contributed by atoms with E-state index >= 15 is 0 Å². The van der Waals surface area contributed by atoms with E-state index in [4.69, 9.17) is 9.47 Å². The van der Waals surface area contributed by atoms with Crippen molar-refractivity contribution in [2.75, 3.05) is 26.8 Å². The van der Waals surface area contributed by atoms with E-state index in [0.717, 1.165) is 10.4 Å². The molecule has 1 saturated heterocycles. The van der Waals surface area contributed by atoms with Crippen molar-refractivity contribution in [1.82, 2.24) is 4.90 Å². The van der Waals surface area contributed by atoms with Crippen LogP contribution in [0.25, 0.3) is 10.4 Å². The number of hydrogen-bond donors (Lipinski definition) is 0. The fraction of sp³-hybridized carbons (Fsp3) is 0.389. The number of amides is 1. The van der Waals surface area contributed by atoms with Gasteiger partial charge in [0.1, 0.15) is 10.6 Å². The highest BCUT2D eigenvalue weighted by Crippen LogP contribution is 2.37. The highest BCUT2D eigenvalue weighted by Gasteiger charge is 2.32. The van der Waals surface area contributed by atoms with Gasteiger partial charge < -0.3 is 14.4 Å². The van der Waals surface area contributed by atoms with E-state index in [0.29, 0.717) is 30.3 Å². The summed E-state index contributed by atoms with van der Waals surface area (Å²) in [6.45, 7) is 5.79. The van der Waals surface area contributed by atoms with Crippen molar-refractivity contribution in [3.05, 3.63) is 41.3 Å². The summed E-state index contributed by atoms with van der Waals surface area (Å²) in [5.41, 5.74) is 0.790. The molecule has 0 unspecified atom stereocenters. The Labute approximate surface area is 140 Å². The molecular formula is C18H21NO3S. The van der Waals surface area contributed by atoms with E-state index in [-0.39, 0.29) is 11.5 Å². The lowest BCUT2D eigenvalue weighted by Gasteiger charge is -2.38. The van der Waals surface area contributed by atoms with Crippen LogP contribution in [0.2, 0.25) is 0 Å². The summed E-state index contributed by atoms with van der Waals surface area (Å²) >= 11 is 1.48. The Morgan fingerprint density at radius 3 is 2.70 bits per heavy atom. The maximum atomic E-state index is 12.9. The third-order valence-electron chi connectivity index (χ3n) is 3.88. The monoisotopic (exact) mass is 331 g/mol. The molecule has 1 aromatic heterocycles. The van der Waals surface area contributed by atoms with E-state index in [2.05, 4.69) is 0 Å². The molecule has 2 heterocycles. The fourth-order valence-electron chi connectivity index (χ4n) is 2.75. The standard InChI is InChI=1S/C18H21NO3S/c1-18(2)12-19(9-10-22-18)17(20)16-14(21-3)11-15(23-16)13-7-5-4-6-8-13/h4-8,11H,9-10,12H2,1-3H3. The van der Waals surface area contributed by atoms with Gasteiger partial charge in [0.2, 0.25) is 0 Å². The van der Waals surface area contributed by atoms with E-state index in [1.54, 1.807) is 7.11 Å². The second-order valence-corrected chi connectivity index (χ2v) is 7.26. The highest BCUT2D eigenvalue weighted by atomic mass is 32.1. The number of carbonyl (C=O) groups excluding carboxylic acids is 1. The number of methoxy groups -OCH3 is 1. The molecule has 1 aliphatic rings. The number of rotatable bonds is 3. The van der Waals surface area contributed by atoms with Crippen molar-refractivity contribution < 1.29 is 14.3 Å². The lowest BCUT2D eigenvalue weighted by molar-refractivity contribution is -0.0763. The number of nitrogens with zero attached hydrogens (tertiary/aromatic N) is 1. The quantitative estimate of drug-likeness (QED) is 0.861. The molecule has 2 aromatic rings. The van der Waals surface area contributed by atoms with Crippen molar-refractivity contribution in [2.24, 2.45) is 0 Å². The minimum absolute atomic E-state index is 0.0189. The van der Waals surface area contributed by atoms with Crippen molar-refractivity contribution in [2.45, 2.75) is 19.4 Å². The Morgan fingerprint density at radius 1 is 1.30 bits per heavy atom. The van der Waals surface area contributed by atoms with Gasteiger partial charge in [-0.3, -0.25) is 4.79 Å². The minimum Gasteiger partial charge on any atom is -0.495 e. The van der Waals surface area contributed by atoms with Gasteiger partial charge in [-0.2, -0.15) is 0 Å². The maximum Gasteiger partial charge on any atom is 0.267 e. The molecule has 23 heavy (non-hydrogen) atoms. The molecule has 122 valence electrons. The summed E-state index contributed by atoms with van der Waals surface area (Å²) in [4.78, 5) is 16.5. The van der Waals surface area contributed by atoms with Crippen LogP contribution in [0.3, 0.4) is 0 Å². The number of hydrogen-bond acceptors (Lipinski definition) is 4. The van der Waals surface area contributed by atoms with Crippen molar-refractivity contribution in [3.63, 3.8) is 0 Å². The Hall–Kier alpha value is -1.85. The number of carbonyl (C=O) groups is 1. The van der Waals surface area contributed by atoms with Gasteiger partial charge in [-0.1, -0.05) is 30.3 Å². The molecule has 0 radical (unpaired) electrons. The maximum absolute atomic E-state index is 12.9. The first-order valence-electron chi connectivity index (χ1n) is 7.67. The van der Waals surface area contributed by atoms with Crippen LogP contribution < -0.4 is 4.74 Å². The summed E-state index contributed by atoms with van der Waals surface area (Å²) in [5, 5.41) is 0. The first kappa shape index (κ1) is 16.0. The summed E-state index contributed by atoms with van der Waals surface area (Å²) in [7, 11) is 1.61. The lowest BCUT2D eigenvalue weighted by atomic mass is 10.1. The Morgan fingerprint density at radius 2 is 2.04 bits per heavy atom. The average Bonchev–Trinajstić information content (AvgIpc) is 2.98. The van der Waals surface area contributed by atoms with Crippen molar-refractivity contribution in [1.29, 1.82) is 0 Å². The highest BCUT2D eigenvalue weighted by molar-refractivity contribution is 7.17. The van der Waals surface area contributed by atoms with Gasteiger partial charge in [0.05, 0.1) is 19.3 Å².